The Kier molecular flexibility index (Phi) is 14.8. The third-order valence-electron chi connectivity index (χ3n) is 1.73. The van der Waals surface area contributed by atoms with E-state index >= 15 is 0 Å². The summed E-state index contributed by atoms with van der Waals surface area (Å²) < 4.78 is 7.72. The summed E-state index contributed by atoms with van der Waals surface area (Å²) in [6.45, 7) is 6.78. The van der Waals surface area contributed by atoms with Crippen molar-refractivity contribution in [2.75, 3.05) is 0 Å². The Labute approximate surface area is 63.2 Å². The van der Waals surface area contributed by atoms with Crippen LogP contribution in [0.2, 0.25) is 0 Å². The summed E-state index contributed by atoms with van der Waals surface area (Å²) in [5.74, 6) is 0.986. The third-order valence-corrected chi connectivity index (χ3v) is 1.73. The van der Waals surface area contributed by atoms with E-state index in [4.69, 9.17) is 4.66 Å². The molecule has 0 bridgehead atoms. The van der Waals surface area contributed by atoms with E-state index in [9.17, 15) is 0 Å². The van der Waals surface area contributed by atoms with Crippen molar-refractivity contribution in [3.63, 3.8) is 0 Å². The van der Waals surface area contributed by atoms with Crippen molar-refractivity contribution in [1.82, 2.24) is 0 Å². The Morgan fingerprint density at radius 3 is 1.22 bits per heavy atom. The maximum Gasteiger partial charge on any atom is -0.0422 e. The highest BCUT2D eigenvalue weighted by molar-refractivity contribution is 6.02. The predicted octanol–water partition coefficient (Wildman–Crippen LogP) is 2.33. The minimum absolute atomic E-state index is 0.986. The SMILES string of the molecule is CCC(CC)CC.[O-]Cl. The zero-order valence-corrected chi connectivity index (χ0v) is 7.24. The molecule has 2 heteroatoms. The first-order valence-electron chi connectivity index (χ1n) is 3.50. The van der Waals surface area contributed by atoms with Crippen LogP contribution in [-0.4, -0.2) is 0 Å². The van der Waals surface area contributed by atoms with E-state index in [1.54, 1.807) is 0 Å². The average molecular weight is 152 g/mol. The molecule has 0 aliphatic rings. The minimum Gasteiger partial charge on any atom is -0.769 e. The van der Waals surface area contributed by atoms with Crippen molar-refractivity contribution in [3.8, 4) is 0 Å². The van der Waals surface area contributed by atoms with Gasteiger partial charge in [0.25, 0.3) is 0 Å². The Balaban J connectivity index is 0. The normalized spacial score (nSPS) is 8.67. The lowest BCUT2D eigenvalue weighted by molar-refractivity contribution is -0.166. The van der Waals surface area contributed by atoms with Gasteiger partial charge in [0.15, 0.2) is 0 Å². The molecule has 0 rings (SSSR count). The summed E-state index contributed by atoms with van der Waals surface area (Å²) in [4.78, 5) is 0. The number of hydrogen-bond donors (Lipinski definition) is 0. The molecule has 0 amide bonds. The molecule has 1 nitrogen and oxygen atoms in total. The van der Waals surface area contributed by atoms with E-state index in [-0.39, 0.29) is 0 Å². The molecule has 0 aromatic carbocycles. The highest BCUT2D eigenvalue weighted by atomic mass is 35.5. The summed E-state index contributed by atoms with van der Waals surface area (Å²) in [7, 11) is 0. The van der Waals surface area contributed by atoms with Gasteiger partial charge in [-0.05, 0) is 5.92 Å². The fourth-order valence-electron chi connectivity index (χ4n) is 0.866. The van der Waals surface area contributed by atoms with E-state index in [0.717, 1.165) is 5.92 Å². The van der Waals surface area contributed by atoms with Gasteiger partial charge in [0.2, 0.25) is 0 Å². The molecule has 58 valence electrons. The van der Waals surface area contributed by atoms with Crippen molar-refractivity contribution in [3.05, 3.63) is 0 Å². The summed E-state index contributed by atoms with van der Waals surface area (Å²) in [5.41, 5.74) is 0. The van der Waals surface area contributed by atoms with Crippen molar-refractivity contribution in [2.24, 2.45) is 5.92 Å². The first-order chi connectivity index (χ1) is 4.35. The van der Waals surface area contributed by atoms with Gasteiger partial charge in [0.05, 0.1) is 0 Å². The fourth-order valence-corrected chi connectivity index (χ4v) is 0.866. The number of hydrogen-bond acceptors (Lipinski definition) is 1. The van der Waals surface area contributed by atoms with Gasteiger partial charge >= 0.3 is 0 Å². The molecule has 0 unspecified atom stereocenters. The third kappa shape index (κ3) is 8.25. The Morgan fingerprint density at radius 2 is 1.22 bits per heavy atom. The highest BCUT2D eigenvalue weighted by Crippen LogP contribution is 2.09. The molecule has 0 heterocycles. The smallest absolute Gasteiger partial charge is 0.0422 e. The lowest BCUT2D eigenvalue weighted by Gasteiger charge is -2.05. The predicted molar refractivity (Wildman–Crippen MR) is 40.2 cm³/mol. The molecule has 0 aromatic rings. The highest BCUT2D eigenvalue weighted by Gasteiger charge is 1.95. The molecule has 0 aromatic heterocycles. The standard InChI is InChI=1S/C7H16.ClO/c1-4-7(5-2)6-3;1-2/h7H,4-6H2,1-3H3;/q;-1. The van der Waals surface area contributed by atoms with Gasteiger partial charge in [-0.25, -0.2) is 11.9 Å². The maximum absolute atomic E-state index is 7.72. The van der Waals surface area contributed by atoms with Crippen molar-refractivity contribution in [1.29, 1.82) is 0 Å². The van der Waals surface area contributed by atoms with Crippen LogP contribution in [0.3, 0.4) is 0 Å². The van der Waals surface area contributed by atoms with Gasteiger partial charge in [0, 0.05) is 0 Å². The Hall–Kier alpha value is 0.250. The van der Waals surface area contributed by atoms with Crippen LogP contribution in [0.25, 0.3) is 0 Å². The molecule has 0 atom stereocenters. The second kappa shape index (κ2) is 11.1. The topological polar surface area (TPSA) is 23.1 Å². The van der Waals surface area contributed by atoms with Crippen LogP contribution in [0.5, 0.6) is 0 Å². The molecule has 0 aliphatic carbocycles. The van der Waals surface area contributed by atoms with Gasteiger partial charge in [0.1, 0.15) is 0 Å². The lowest BCUT2D eigenvalue weighted by atomic mass is 10.0. The largest absolute Gasteiger partial charge is 0.769 e. The molecule has 9 heavy (non-hydrogen) atoms. The van der Waals surface area contributed by atoms with Gasteiger partial charge in [-0.1, -0.05) is 40.0 Å². The molecular weight excluding hydrogens is 136 g/mol. The zero-order chi connectivity index (χ0) is 7.70. The van der Waals surface area contributed by atoms with E-state index in [2.05, 4.69) is 32.6 Å². The van der Waals surface area contributed by atoms with E-state index < -0.39 is 0 Å². The van der Waals surface area contributed by atoms with Crippen LogP contribution in [-0.2, 0) is 0 Å². The quantitative estimate of drug-likeness (QED) is 0.607. The van der Waals surface area contributed by atoms with Crippen molar-refractivity contribution < 1.29 is 4.66 Å². The summed E-state index contributed by atoms with van der Waals surface area (Å²) in [6, 6.07) is 0. The van der Waals surface area contributed by atoms with Crippen LogP contribution in [0, 0.1) is 5.92 Å². The van der Waals surface area contributed by atoms with Gasteiger partial charge < -0.3 is 4.66 Å². The van der Waals surface area contributed by atoms with Crippen molar-refractivity contribution >= 4 is 11.9 Å². The van der Waals surface area contributed by atoms with Crippen LogP contribution in [0.4, 0.5) is 0 Å². The van der Waals surface area contributed by atoms with Gasteiger partial charge in [-0.15, -0.1) is 0 Å². The fraction of sp³-hybridized carbons (Fsp3) is 1.00. The van der Waals surface area contributed by atoms with Crippen molar-refractivity contribution in [2.45, 2.75) is 40.0 Å². The summed E-state index contributed by atoms with van der Waals surface area (Å²) in [5, 5.41) is 0. The summed E-state index contributed by atoms with van der Waals surface area (Å²) in [6.07, 6.45) is 4.06. The monoisotopic (exact) mass is 151 g/mol. The molecule has 0 saturated carbocycles. The second-order valence-corrected chi connectivity index (χ2v) is 2.09. The minimum atomic E-state index is 0.986. The van der Waals surface area contributed by atoms with E-state index in [0.29, 0.717) is 0 Å². The molecule has 0 aliphatic heterocycles. The average Bonchev–Trinajstić information content (AvgIpc) is 1.96. The van der Waals surface area contributed by atoms with Crippen LogP contribution in [0.1, 0.15) is 40.0 Å². The zero-order valence-electron chi connectivity index (χ0n) is 6.48. The molecular formula is C7H16ClO-. The first kappa shape index (κ1) is 12.0. The van der Waals surface area contributed by atoms with E-state index in [1.165, 1.54) is 19.3 Å². The second-order valence-electron chi connectivity index (χ2n) is 2.09. The molecule has 0 N–H and O–H groups in total. The maximum atomic E-state index is 7.72. The van der Waals surface area contributed by atoms with Crippen LogP contribution >= 0.6 is 11.9 Å². The Bertz CT molecular complexity index is 30.4. The Morgan fingerprint density at radius 1 is 1.00 bits per heavy atom. The molecule has 0 radical (unpaired) electrons. The molecule has 0 saturated heterocycles. The van der Waals surface area contributed by atoms with Crippen LogP contribution in [0.15, 0.2) is 0 Å². The lowest BCUT2D eigenvalue weighted by Crippen LogP contribution is -1.91. The summed E-state index contributed by atoms with van der Waals surface area (Å²) >= 11 is 3.39. The molecule has 0 spiro atoms. The van der Waals surface area contributed by atoms with Crippen LogP contribution < -0.4 is 4.66 Å². The first-order valence-corrected chi connectivity index (χ1v) is 3.81. The number of rotatable bonds is 3. The van der Waals surface area contributed by atoms with E-state index in [1.807, 2.05) is 0 Å². The molecule has 0 fully saturated rings. The van der Waals surface area contributed by atoms with Gasteiger partial charge in [-0.3, -0.25) is 0 Å². The number of halogens is 1. The van der Waals surface area contributed by atoms with Gasteiger partial charge in [-0.2, -0.15) is 0 Å².